The molecule has 1 aliphatic heterocycles. The molecule has 0 aromatic heterocycles. The zero-order chi connectivity index (χ0) is 14.7. The van der Waals surface area contributed by atoms with Crippen molar-refractivity contribution in [3.05, 3.63) is 35.6 Å². The van der Waals surface area contributed by atoms with Gasteiger partial charge in [0, 0.05) is 19.1 Å². The molecule has 4 heteroatoms. The summed E-state index contributed by atoms with van der Waals surface area (Å²) in [5.74, 6) is -0.260. The number of benzene rings is 1. The number of rotatable bonds is 4. The first-order chi connectivity index (χ1) is 10.2. The van der Waals surface area contributed by atoms with E-state index in [0.29, 0.717) is 18.6 Å². The molecule has 0 bridgehead atoms. The van der Waals surface area contributed by atoms with Crippen LogP contribution in [0.3, 0.4) is 0 Å². The van der Waals surface area contributed by atoms with Gasteiger partial charge in [0.1, 0.15) is 5.82 Å². The van der Waals surface area contributed by atoms with Gasteiger partial charge in [-0.2, -0.15) is 0 Å². The molecule has 0 spiro atoms. The van der Waals surface area contributed by atoms with E-state index in [1.807, 2.05) is 0 Å². The first-order valence-corrected chi connectivity index (χ1v) is 8.03. The first-order valence-electron chi connectivity index (χ1n) is 8.03. The van der Waals surface area contributed by atoms with Crippen LogP contribution >= 0.6 is 0 Å². The summed E-state index contributed by atoms with van der Waals surface area (Å²) in [6, 6.07) is 6.67. The van der Waals surface area contributed by atoms with E-state index >= 15 is 0 Å². The lowest BCUT2D eigenvalue weighted by Gasteiger charge is -2.44. The maximum atomic E-state index is 12.9. The summed E-state index contributed by atoms with van der Waals surface area (Å²) < 4.78 is 18.8. The van der Waals surface area contributed by atoms with E-state index < -0.39 is 6.10 Å². The van der Waals surface area contributed by atoms with E-state index in [2.05, 4.69) is 4.90 Å². The number of nitrogens with zero attached hydrogens (tertiary/aromatic N) is 1. The standard InChI is InChI=1S/C17H24FNO2/c18-14-7-5-13(6-8-14)16(20)9-10-19-11-12-21-17-4-2-1-3-15(17)19/h5-8,15-17,20H,1-4,9-12H2. The summed E-state index contributed by atoms with van der Waals surface area (Å²) in [7, 11) is 0. The minimum atomic E-state index is -0.518. The molecule has 1 aromatic carbocycles. The molecule has 3 rings (SSSR count). The van der Waals surface area contributed by atoms with E-state index in [1.165, 1.54) is 37.8 Å². The lowest BCUT2D eigenvalue weighted by Crippen LogP contribution is -2.52. The molecule has 1 saturated carbocycles. The van der Waals surface area contributed by atoms with E-state index in [-0.39, 0.29) is 5.82 Å². The van der Waals surface area contributed by atoms with Gasteiger partial charge in [-0.1, -0.05) is 25.0 Å². The Balaban J connectivity index is 1.55. The SMILES string of the molecule is OC(CCN1CCOC2CCCCC21)c1ccc(F)cc1. The second kappa shape index (κ2) is 6.86. The highest BCUT2D eigenvalue weighted by Crippen LogP contribution is 2.29. The van der Waals surface area contributed by atoms with Gasteiger partial charge < -0.3 is 9.84 Å². The van der Waals surface area contributed by atoms with Crippen molar-refractivity contribution < 1.29 is 14.2 Å². The lowest BCUT2D eigenvalue weighted by atomic mass is 9.90. The van der Waals surface area contributed by atoms with Crippen molar-refractivity contribution in [2.75, 3.05) is 19.7 Å². The van der Waals surface area contributed by atoms with Gasteiger partial charge in [0.05, 0.1) is 18.8 Å². The minimum Gasteiger partial charge on any atom is -0.388 e. The van der Waals surface area contributed by atoms with Gasteiger partial charge in [-0.25, -0.2) is 4.39 Å². The molecular weight excluding hydrogens is 269 g/mol. The van der Waals surface area contributed by atoms with Crippen LogP contribution in [0.4, 0.5) is 4.39 Å². The predicted octanol–water partition coefficient (Wildman–Crippen LogP) is 2.89. The number of aliphatic hydroxyl groups excluding tert-OH is 1. The molecule has 1 aromatic rings. The van der Waals surface area contributed by atoms with Crippen molar-refractivity contribution >= 4 is 0 Å². The quantitative estimate of drug-likeness (QED) is 0.926. The van der Waals surface area contributed by atoms with Crippen LogP contribution in [0, 0.1) is 5.82 Å². The molecule has 1 aliphatic carbocycles. The molecule has 2 fully saturated rings. The fraction of sp³-hybridized carbons (Fsp3) is 0.647. The number of morpholine rings is 1. The Morgan fingerprint density at radius 1 is 1.24 bits per heavy atom. The van der Waals surface area contributed by atoms with Crippen LogP contribution in [0.15, 0.2) is 24.3 Å². The molecule has 21 heavy (non-hydrogen) atoms. The number of aliphatic hydroxyl groups is 1. The van der Waals surface area contributed by atoms with Crippen molar-refractivity contribution in [3.63, 3.8) is 0 Å². The van der Waals surface area contributed by atoms with Crippen LogP contribution in [0.2, 0.25) is 0 Å². The normalized spacial score (nSPS) is 28.1. The van der Waals surface area contributed by atoms with Gasteiger partial charge in [-0.05, 0) is 37.0 Å². The lowest BCUT2D eigenvalue weighted by molar-refractivity contribution is -0.0904. The van der Waals surface area contributed by atoms with Crippen molar-refractivity contribution in [3.8, 4) is 0 Å². The summed E-state index contributed by atoms with van der Waals surface area (Å²) in [6.45, 7) is 2.63. The third-order valence-electron chi connectivity index (χ3n) is 4.79. The van der Waals surface area contributed by atoms with E-state index in [0.717, 1.165) is 25.3 Å². The van der Waals surface area contributed by atoms with Crippen molar-refractivity contribution in [2.45, 2.75) is 50.4 Å². The molecule has 0 amide bonds. The maximum Gasteiger partial charge on any atom is 0.123 e. The monoisotopic (exact) mass is 293 g/mol. The number of ether oxygens (including phenoxy) is 1. The Hall–Kier alpha value is -0.970. The fourth-order valence-electron chi connectivity index (χ4n) is 3.59. The first kappa shape index (κ1) is 14.9. The second-order valence-electron chi connectivity index (χ2n) is 6.15. The van der Waals surface area contributed by atoms with Crippen LogP contribution < -0.4 is 0 Å². The van der Waals surface area contributed by atoms with Crippen LogP contribution in [-0.4, -0.2) is 41.8 Å². The summed E-state index contributed by atoms with van der Waals surface area (Å²) >= 11 is 0. The molecule has 1 N–H and O–H groups in total. The third kappa shape index (κ3) is 3.62. The Bertz CT molecular complexity index is 449. The summed E-state index contributed by atoms with van der Waals surface area (Å²) in [5.41, 5.74) is 0.796. The highest BCUT2D eigenvalue weighted by molar-refractivity contribution is 5.18. The number of halogens is 1. The van der Waals surface area contributed by atoms with Gasteiger partial charge in [0.25, 0.3) is 0 Å². The van der Waals surface area contributed by atoms with E-state index in [1.54, 1.807) is 12.1 Å². The predicted molar refractivity (Wildman–Crippen MR) is 79.5 cm³/mol. The van der Waals surface area contributed by atoms with Crippen LogP contribution in [0.25, 0.3) is 0 Å². The van der Waals surface area contributed by atoms with Gasteiger partial charge in [-0.3, -0.25) is 4.90 Å². The van der Waals surface area contributed by atoms with Crippen LogP contribution in [-0.2, 0) is 4.74 Å². The van der Waals surface area contributed by atoms with E-state index in [4.69, 9.17) is 4.74 Å². The molecule has 3 unspecified atom stereocenters. The van der Waals surface area contributed by atoms with Crippen molar-refractivity contribution in [1.82, 2.24) is 4.90 Å². The summed E-state index contributed by atoms with van der Waals surface area (Å²) in [6.07, 6.45) is 5.48. The maximum absolute atomic E-state index is 12.9. The Morgan fingerprint density at radius 2 is 2.00 bits per heavy atom. The van der Waals surface area contributed by atoms with E-state index in [9.17, 15) is 9.50 Å². The molecule has 0 radical (unpaired) electrons. The van der Waals surface area contributed by atoms with Crippen molar-refractivity contribution in [2.24, 2.45) is 0 Å². The molecule has 3 nitrogen and oxygen atoms in total. The highest BCUT2D eigenvalue weighted by atomic mass is 19.1. The van der Waals surface area contributed by atoms with Gasteiger partial charge in [-0.15, -0.1) is 0 Å². The Kier molecular flexibility index (Phi) is 4.88. The zero-order valence-corrected chi connectivity index (χ0v) is 12.4. The Labute approximate surface area is 125 Å². The van der Waals surface area contributed by atoms with Crippen LogP contribution in [0.5, 0.6) is 0 Å². The van der Waals surface area contributed by atoms with Gasteiger partial charge in [0.2, 0.25) is 0 Å². The highest BCUT2D eigenvalue weighted by Gasteiger charge is 2.33. The number of hydrogen-bond acceptors (Lipinski definition) is 3. The summed E-state index contributed by atoms with van der Waals surface area (Å²) in [4.78, 5) is 2.47. The number of hydrogen-bond donors (Lipinski definition) is 1. The third-order valence-corrected chi connectivity index (χ3v) is 4.79. The molecule has 1 heterocycles. The molecule has 116 valence electrons. The van der Waals surface area contributed by atoms with Gasteiger partial charge >= 0.3 is 0 Å². The molecule has 3 atom stereocenters. The fourth-order valence-corrected chi connectivity index (χ4v) is 3.59. The number of fused-ring (bicyclic) bond motifs is 1. The summed E-state index contributed by atoms with van der Waals surface area (Å²) in [5, 5.41) is 10.3. The second-order valence-corrected chi connectivity index (χ2v) is 6.15. The molecule has 1 saturated heterocycles. The van der Waals surface area contributed by atoms with Crippen LogP contribution in [0.1, 0.15) is 43.8 Å². The topological polar surface area (TPSA) is 32.7 Å². The molecule has 2 aliphatic rings. The Morgan fingerprint density at radius 3 is 2.81 bits per heavy atom. The average Bonchev–Trinajstić information content (AvgIpc) is 2.53. The van der Waals surface area contributed by atoms with Crippen molar-refractivity contribution in [1.29, 1.82) is 0 Å². The largest absolute Gasteiger partial charge is 0.388 e. The average molecular weight is 293 g/mol. The zero-order valence-electron chi connectivity index (χ0n) is 12.4. The van der Waals surface area contributed by atoms with Gasteiger partial charge in [0.15, 0.2) is 0 Å². The molecular formula is C17H24FNO2. The smallest absolute Gasteiger partial charge is 0.123 e. The minimum absolute atomic E-state index is 0.260.